The smallest absolute Gasteiger partial charge is 0.316 e. The van der Waals surface area contributed by atoms with Crippen molar-refractivity contribution >= 4 is 17.5 Å². The summed E-state index contributed by atoms with van der Waals surface area (Å²) in [6.45, 7) is 13.4. The molecular formula is C30H51NO10. The molecule has 0 saturated carbocycles. The van der Waals surface area contributed by atoms with Crippen molar-refractivity contribution < 1.29 is 48.3 Å². The van der Waals surface area contributed by atoms with Gasteiger partial charge < -0.3 is 38.8 Å². The summed E-state index contributed by atoms with van der Waals surface area (Å²) < 4.78 is 30.0. The maximum absolute atomic E-state index is 13.8. The fraction of sp³-hybridized carbons (Fsp3) is 0.900. The lowest BCUT2D eigenvalue weighted by atomic mass is 9.75. The van der Waals surface area contributed by atoms with Crippen LogP contribution in [0, 0.1) is 17.8 Å². The number of epoxide rings is 1. The highest BCUT2D eigenvalue weighted by atomic mass is 16.7. The topological polar surface area (TPSA) is 144 Å². The molecule has 2 N–H and O–H groups in total. The highest BCUT2D eigenvalue weighted by molar-refractivity contribution is 6.00. The van der Waals surface area contributed by atoms with Gasteiger partial charge in [-0.1, -0.05) is 20.8 Å². The maximum atomic E-state index is 13.8. The molecule has 0 aromatic carbocycles. The SMILES string of the molecule is CC[C@H]1OC(=O)[C@H](C)C(=O)[C@H](C)[C@@H](O[C@@H]2O[C@H](C)C[C@H](N(C)C)[C@H]2O)[C@](C)(OC)C[C@@H](C)C(=O)[C@]2(C)O[C@H]2[C@]1(C)O. The summed E-state index contributed by atoms with van der Waals surface area (Å²) in [6, 6.07) is -0.251. The normalized spacial score (nSPS) is 48.4. The van der Waals surface area contributed by atoms with Crippen molar-refractivity contribution in [3.8, 4) is 0 Å². The molecule has 0 radical (unpaired) electrons. The molecular weight excluding hydrogens is 534 g/mol. The Morgan fingerprint density at radius 3 is 2.22 bits per heavy atom. The molecule has 11 nitrogen and oxygen atoms in total. The minimum absolute atomic E-state index is 0.143. The summed E-state index contributed by atoms with van der Waals surface area (Å²) in [4.78, 5) is 42.7. The molecule has 0 spiro atoms. The van der Waals surface area contributed by atoms with Gasteiger partial charge in [-0.05, 0) is 68.0 Å². The summed E-state index contributed by atoms with van der Waals surface area (Å²) in [5.41, 5.74) is -4.16. The van der Waals surface area contributed by atoms with Crippen LogP contribution in [0.25, 0.3) is 0 Å². The standard InChI is InChI=1S/C30H51NO10/c1-12-20-29(7,36)27-30(8,41-27)23(34)15(2)14-28(6,37-11)24(17(4)21(32)18(5)25(35)39-20)40-26-22(33)19(31(9)10)13-16(3)38-26/h15-20,22,24,26-27,33,36H,12-14H2,1-11H3/t15-,16-,17+,18-,19+,20-,22-,24-,26+,27+,28-,29-,30+/m1/s1. The van der Waals surface area contributed by atoms with Crippen molar-refractivity contribution in [3.05, 3.63) is 0 Å². The second kappa shape index (κ2) is 12.3. The van der Waals surface area contributed by atoms with Crippen LogP contribution in [0.5, 0.6) is 0 Å². The van der Waals surface area contributed by atoms with Crippen molar-refractivity contribution in [3.63, 3.8) is 0 Å². The number of likely N-dealkylation sites (N-methyl/N-ethyl adjacent to an activating group) is 1. The molecule has 0 bridgehead atoms. The number of fused-ring (bicyclic) bond motifs is 1. The third-order valence-corrected chi connectivity index (χ3v) is 9.57. The van der Waals surface area contributed by atoms with E-state index in [1.54, 1.807) is 34.6 Å². The number of hydrogen-bond acceptors (Lipinski definition) is 11. The average molecular weight is 586 g/mol. The number of cyclic esters (lactones) is 1. The lowest BCUT2D eigenvalue weighted by Gasteiger charge is -2.46. The Balaban J connectivity index is 2.06. The number of nitrogens with zero attached hydrogens (tertiary/aromatic N) is 1. The number of carbonyl (C=O) groups excluding carboxylic acids is 3. The predicted molar refractivity (Wildman–Crippen MR) is 149 cm³/mol. The fourth-order valence-electron chi connectivity index (χ4n) is 6.86. The van der Waals surface area contributed by atoms with Crippen LogP contribution >= 0.6 is 0 Å². The number of carbonyl (C=O) groups is 3. The minimum Gasteiger partial charge on any atom is -0.459 e. The van der Waals surface area contributed by atoms with Crippen LogP contribution in [0.15, 0.2) is 0 Å². The summed E-state index contributed by atoms with van der Waals surface area (Å²) in [6.07, 6.45) is -4.25. The van der Waals surface area contributed by atoms with E-state index >= 15 is 0 Å². The zero-order valence-corrected chi connectivity index (χ0v) is 26.5. The number of rotatable bonds is 5. The molecule has 0 aromatic rings. The molecule has 3 fully saturated rings. The van der Waals surface area contributed by atoms with Crippen LogP contribution in [0.3, 0.4) is 0 Å². The second-order valence-corrected chi connectivity index (χ2v) is 13.2. The number of aliphatic hydroxyl groups is 2. The number of Topliss-reactive ketones (excluding diaryl/α,β-unsaturated/α-hetero) is 2. The number of methoxy groups -OCH3 is 1. The molecule has 13 atom stereocenters. The monoisotopic (exact) mass is 585 g/mol. The van der Waals surface area contributed by atoms with Crippen molar-refractivity contribution in [2.75, 3.05) is 21.2 Å². The summed E-state index contributed by atoms with van der Waals surface area (Å²) >= 11 is 0. The van der Waals surface area contributed by atoms with Gasteiger partial charge in [-0.3, -0.25) is 14.4 Å². The van der Waals surface area contributed by atoms with E-state index < -0.39 is 77.0 Å². The Kier molecular flexibility index (Phi) is 10.2. The Hall–Kier alpha value is -1.47. The first kappa shape index (κ1) is 34.0. The van der Waals surface area contributed by atoms with Gasteiger partial charge in [-0.25, -0.2) is 0 Å². The summed E-state index contributed by atoms with van der Waals surface area (Å²) in [7, 11) is 5.21. The average Bonchev–Trinajstić information content (AvgIpc) is 3.62. The molecule has 0 aliphatic carbocycles. The third-order valence-electron chi connectivity index (χ3n) is 9.57. The number of ether oxygens (including phenoxy) is 5. The van der Waals surface area contributed by atoms with E-state index in [-0.39, 0.29) is 30.8 Å². The number of ketones is 2. The lowest BCUT2D eigenvalue weighted by Crippen LogP contribution is -2.59. The first-order valence-corrected chi connectivity index (χ1v) is 14.7. The lowest BCUT2D eigenvalue weighted by molar-refractivity contribution is -0.295. The van der Waals surface area contributed by atoms with Gasteiger partial charge >= 0.3 is 5.97 Å². The minimum atomic E-state index is -1.66. The van der Waals surface area contributed by atoms with Gasteiger partial charge in [0.15, 0.2) is 23.5 Å². The van der Waals surface area contributed by atoms with Crippen molar-refractivity contribution in [1.29, 1.82) is 0 Å². The fourth-order valence-corrected chi connectivity index (χ4v) is 6.86. The first-order chi connectivity index (χ1) is 18.8. The van der Waals surface area contributed by atoms with Crippen molar-refractivity contribution in [2.24, 2.45) is 17.8 Å². The van der Waals surface area contributed by atoms with E-state index in [2.05, 4.69) is 0 Å². The van der Waals surface area contributed by atoms with E-state index in [9.17, 15) is 24.6 Å². The molecule has 41 heavy (non-hydrogen) atoms. The van der Waals surface area contributed by atoms with Gasteiger partial charge in [0.05, 0.1) is 17.8 Å². The Labute approximate surface area is 244 Å². The molecule has 0 unspecified atom stereocenters. The highest BCUT2D eigenvalue weighted by Crippen LogP contribution is 2.49. The van der Waals surface area contributed by atoms with Crippen LogP contribution in [0.4, 0.5) is 0 Å². The van der Waals surface area contributed by atoms with Crippen LogP contribution in [-0.2, 0) is 38.1 Å². The molecule has 11 heteroatoms. The van der Waals surface area contributed by atoms with Crippen LogP contribution in [-0.4, -0.2) is 114 Å². The summed E-state index contributed by atoms with van der Waals surface area (Å²) in [5.74, 6) is -4.20. The van der Waals surface area contributed by atoms with Crippen LogP contribution < -0.4 is 0 Å². The Bertz CT molecular complexity index is 986. The molecule has 0 aromatic heterocycles. The van der Waals surface area contributed by atoms with E-state index in [0.717, 1.165) is 0 Å². The predicted octanol–water partition coefficient (Wildman–Crippen LogP) is 1.88. The molecule has 236 valence electrons. The van der Waals surface area contributed by atoms with Crippen LogP contribution in [0.2, 0.25) is 0 Å². The van der Waals surface area contributed by atoms with Crippen molar-refractivity contribution in [1.82, 2.24) is 4.90 Å². The Morgan fingerprint density at radius 2 is 1.68 bits per heavy atom. The number of hydrogen-bond donors (Lipinski definition) is 2. The highest BCUT2D eigenvalue weighted by Gasteiger charge is 2.68. The van der Waals surface area contributed by atoms with Gasteiger partial charge in [-0.15, -0.1) is 0 Å². The van der Waals surface area contributed by atoms with Gasteiger partial charge in [0, 0.05) is 25.0 Å². The molecule has 3 heterocycles. The van der Waals surface area contributed by atoms with E-state index in [0.29, 0.717) is 6.42 Å². The third kappa shape index (κ3) is 6.41. The molecule has 3 rings (SSSR count). The zero-order valence-electron chi connectivity index (χ0n) is 26.5. The maximum Gasteiger partial charge on any atom is 0.316 e. The Morgan fingerprint density at radius 1 is 1.07 bits per heavy atom. The molecule has 3 aliphatic rings. The van der Waals surface area contributed by atoms with Crippen molar-refractivity contribution in [2.45, 2.75) is 134 Å². The van der Waals surface area contributed by atoms with Gasteiger partial charge in [0.2, 0.25) is 0 Å². The quantitative estimate of drug-likeness (QED) is 0.277. The van der Waals surface area contributed by atoms with Gasteiger partial charge in [0.1, 0.15) is 29.8 Å². The first-order valence-electron chi connectivity index (χ1n) is 14.7. The molecule has 3 aliphatic heterocycles. The van der Waals surface area contributed by atoms with Crippen LogP contribution in [0.1, 0.15) is 74.7 Å². The second-order valence-electron chi connectivity index (χ2n) is 13.2. The zero-order chi connectivity index (χ0) is 31.2. The van der Waals surface area contributed by atoms with E-state index in [1.165, 1.54) is 21.0 Å². The van der Waals surface area contributed by atoms with E-state index in [4.69, 9.17) is 23.7 Å². The molecule has 3 saturated heterocycles. The number of esters is 1. The van der Waals surface area contributed by atoms with Gasteiger partial charge in [0.25, 0.3) is 0 Å². The molecule has 0 amide bonds. The number of aliphatic hydroxyl groups excluding tert-OH is 1. The summed E-state index contributed by atoms with van der Waals surface area (Å²) in [5, 5.41) is 22.6. The largest absolute Gasteiger partial charge is 0.459 e. The van der Waals surface area contributed by atoms with E-state index in [1.807, 2.05) is 25.9 Å². The van der Waals surface area contributed by atoms with Gasteiger partial charge in [-0.2, -0.15) is 0 Å².